The number of pyridine rings is 1. The molecule has 0 aliphatic carbocycles. The van der Waals surface area contributed by atoms with Crippen molar-refractivity contribution in [2.75, 3.05) is 5.32 Å². The lowest BCUT2D eigenvalue weighted by molar-refractivity contribution is 0.102. The van der Waals surface area contributed by atoms with Crippen LogP contribution in [0.3, 0.4) is 0 Å². The number of thiocarbonyl (C=S) groups is 1. The van der Waals surface area contributed by atoms with Gasteiger partial charge in [0.25, 0.3) is 5.91 Å². The second-order valence-electron chi connectivity index (χ2n) is 4.05. The molecule has 21 heavy (non-hydrogen) atoms. The van der Waals surface area contributed by atoms with E-state index in [4.69, 9.17) is 5.73 Å². The van der Waals surface area contributed by atoms with Crippen LogP contribution >= 0.6 is 12.2 Å². The summed E-state index contributed by atoms with van der Waals surface area (Å²) < 4.78 is 0. The molecule has 1 aromatic carbocycles. The van der Waals surface area contributed by atoms with E-state index in [0.29, 0.717) is 11.3 Å². The van der Waals surface area contributed by atoms with Crippen molar-refractivity contribution in [1.29, 1.82) is 0 Å². The number of carbonyl (C=O) groups excluding carboxylic acids is 1. The lowest BCUT2D eigenvalue weighted by Gasteiger charge is -2.05. The van der Waals surface area contributed by atoms with E-state index in [-0.39, 0.29) is 11.0 Å². The third-order valence-corrected chi connectivity index (χ3v) is 2.57. The summed E-state index contributed by atoms with van der Waals surface area (Å²) in [5, 5.41) is 6.73. The molecule has 7 heteroatoms. The summed E-state index contributed by atoms with van der Waals surface area (Å²) in [7, 11) is 0. The van der Waals surface area contributed by atoms with Crippen LogP contribution in [0.1, 0.15) is 15.9 Å². The summed E-state index contributed by atoms with van der Waals surface area (Å²) in [6, 6.07) is 10.6. The van der Waals surface area contributed by atoms with Gasteiger partial charge in [-0.05, 0) is 42.0 Å². The topological polar surface area (TPSA) is 92.4 Å². The molecule has 0 unspecified atom stereocenters. The van der Waals surface area contributed by atoms with Crippen LogP contribution in [0, 0.1) is 0 Å². The summed E-state index contributed by atoms with van der Waals surface area (Å²) in [5.74, 6) is -0.209. The first-order valence-corrected chi connectivity index (χ1v) is 6.46. The zero-order chi connectivity index (χ0) is 15.1. The van der Waals surface area contributed by atoms with E-state index in [1.165, 1.54) is 6.20 Å². The summed E-state index contributed by atoms with van der Waals surface area (Å²) in [6.07, 6.45) is 4.70. The second kappa shape index (κ2) is 7.11. The Bertz CT molecular complexity index is 655. The number of rotatable bonds is 4. The Balaban J connectivity index is 1.98. The minimum absolute atomic E-state index is 0.103. The number of aromatic nitrogens is 1. The SMILES string of the molecule is NC(=S)N/N=C\c1ccc(NC(=O)c2cccnc2)cc1. The molecule has 0 spiro atoms. The van der Waals surface area contributed by atoms with E-state index >= 15 is 0 Å². The van der Waals surface area contributed by atoms with Crippen LogP contribution in [0.2, 0.25) is 0 Å². The van der Waals surface area contributed by atoms with E-state index in [0.717, 1.165) is 5.56 Å². The largest absolute Gasteiger partial charge is 0.375 e. The fourth-order valence-corrected chi connectivity index (χ4v) is 1.58. The molecular weight excluding hydrogens is 286 g/mol. The molecule has 1 aromatic heterocycles. The van der Waals surface area contributed by atoms with Gasteiger partial charge in [-0.1, -0.05) is 12.1 Å². The lowest BCUT2D eigenvalue weighted by Crippen LogP contribution is -2.23. The molecule has 0 radical (unpaired) electrons. The molecule has 4 N–H and O–H groups in total. The van der Waals surface area contributed by atoms with Gasteiger partial charge in [0.15, 0.2) is 5.11 Å². The Hall–Kier alpha value is -2.80. The van der Waals surface area contributed by atoms with Gasteiger partial charge < -0.3 is 11.1 Å². The first kappa shape index (κ1) is 14.6. The van der Waals surface area contributed by atoms with Gasteiger partial charge in [0, 0.05) is 18.1 Å². The number of hydrazone groups is 1. The Labute approximate surface area is 127 Å². The van der Waals surface area contributed by atoms with Gasteiger partial charge in [-0.2, -0.15) is 5.10 Å². The predicted molar refractivity (Wildman–Crippen MR) is 86.1 cm³/mol. The molecule has 2 rings (SSSR count). The van der Waals surface area contributed by atoms with Crippen molar-refractivity contribution >= 4 is 35.1 Å². The maximum absolute atomic E-state index is 11.9. The summed E-state index contributed by atoms with van der Waals surface area (Å²) in [6.45, 7) is 0. The van der Waals surface area contributed by atoms with Crippen LogP contribution in [0.4, 0.5) is 5.69 Å². The normalized spacial score (nSPS) is 10.3. The molecule has 0 bridgehead atoms. The maximum atomic E-state index is 11.9. The van der Waals surface area contributed by atoms with Gasteiger partial charge in [-0.25, -0.2) is 0 Å². The van der Waals surface area contributed by atoms with Crippen molar-refractivity contribution in [3.8, 4) is 0 Å². The number of nitrogens with two attached hydrogens (primary N) is 1. The van der Waals surface area contributed by atoms with Gasteiger partial charge in [-0.3, -0.25) is 15.2 Å². The lowest BCUT2D eigenvalue weighted by atomic mass is 10.2. The molecule has 106 valence electrons. The summed E-state index contributed by atoms with van der Waals surface area (Å²) in [5.41, 5.74) is 9.74. The molecule has 0 aliphatic heterocycles. The highest BCUT2D eigenvalue weighted by atomic mass is 32.1. The van der Waals surface area contributed by atoms with Crippen LogP contribution in [0.5, 0.6) is 0 Å². The van der Waals surface area contributed by atoms with Gasteiger partial charge in [0.2, 0.25) is 0 Å². The van der Waals surface area contributed by atoms with Crippen LogP contribution in [0.25, 0.3) is 0 Å². The smallest absolute Gasteiger partial charge is 0.257 e. The molecule has 1 heterocycles. The predicted octanol–water partition coefficient (Wildman–Crippen LogP) is 1.50. The fourth-order valence-electron chi connectivity index (χ4n) is 1.52. The molecule has 6 nitrogen and oxygen atoms in total. The zero-order valence-corrected chi connectivity index (χ0v) is 11.8. The molecule has 0 saturated heterocycles. The number of amides is 1. The van der Waals surface area contributed by atoms with Gasteiger partial charge >= 0.3 is 0 Å². The van der Waals surface area contributed by atoms with E-state index in [1.807, 2.05) is 12.1 Å². The molecule has 0 fully saturated rings. The van der Waals surface area contributed by atoms with E-state index in [2.05, 4.69) is 33.0 Å². The Morgan fingerprint density at radius 2 is 2.05 bits per heavy atom. The maximum Gasteiger partial charge on any atom is 0.257 e. The highest BCUT2D eigenvalue weighted by Gasteiger charge is 2.05. The number of hydrogen-bond donors (Lipinski definition) is 3. The first-order valence-electron chi connectivity index (χ1n) is 6.05. The Morgan fingerprint density at radius 1 is 1.29 bits per heavy atom. The Morgan fingerprint density at radius 3 is 2.67 bits per heavy atom. The zero-order valence-electron chi connectivity index (χ0n) is 11.0. The highest BCUT2D eigenvalue weighted by molar-refractivity contribution is 7.80. The van der Waals surface area contributed by atoms with Crippen molar-refractivity contribution in [3.63, 3.8) is 0 Å². The standard InChI is InChI=1S/C14H13N5OS/c15-14(21)19-17-8-10-3-5-12(6-4-10)18-13(20)11-2-1-7-16-9-11/h1-9H,(H,18,20)(H3,15,19,21)/b17-8-. The Kier molecular flexibility index (Phi) is 4.94. The monoisotopic (exact) mass is 299 g/mol. The van der Waals surface area contributed by atoms with Crippen LogP contribution < -0.4 is 16.5 Å². The minimum Gasteiger partial charge on any atom is -0.375 e. The average molecular weight is 299 g/mol. The average Bonchev–Trinajstić information content (AvgIpc) is 2.49. The van der Waals surface area contributed by atoms with Crippen molar-refractivity contribution < 1.29 is 4.79 Å². The fraction of sp³-hybridized carbons (Fsp3) is 0. The minimum atomic E-state index is -0.209. The number of nitrogens with one attached hydrogen (secondary N) is 2. The van der Waals surface area contributed by atoms with E-state index in [9.17, 15) is 4.79 Å². The van der Waals surface area contributed by atoms with Crippen molar-refractivity contribution in [2.24, 2.45) is 10.8 Å². The number of benzene rings is 1. The van der Waals surface area contributed by atoms with Gasteiger partial charge in [-0.15, -0.1) is 0 Å². The second-order valence-corrected chi connectivity index (χ2v) is 4.49. The van der Waals surface area contributed by atoms with E-state index in [1.54, 1.807) is 36.7 Å². The highest BCUT2D eigenvalue weighted by Crippen LogP contribution is 2.10. The number of nitrogens with zero attached hydrogens (tertiary/aromatic N) is 2. The molecule has 0 atom stereocenters. The first-order chi connectivity index (χ1) is 10.1. The van der Waals surface area contributed by atoms with Gasteiger partial charge in [0.05, 0.1) is 11.8 Å². The molecular formula is C14H13N5OS. The third-order valence-electron chi connectivity index (χ3n) is 2.48. The van der Waals surface area contributed by atoms with E-state index < -0.39 is 0 Å². The molecule has 1 amide bonds. The van der Waals surface area contributed by atoms with Crippen LogP contribution in [-0.2, 0) is 0 Å². The van der Waals surface area contributed by atoms with Gasteiger partial charge in [0.1, 0.15) is 0 Å². The molecule has 0 aliphatic rings. The number of carbonyl (C=O) groups is 1. The quantitative estimate of drug-likeness (QED) is 0.452. The number of hydrogen-bond acceptors (Lipinski definition) is 4. The summed E-state index contributed by atoms with van der Waals surface area (Å²) >= 11 is 4.63. The number of anilines is 1. The third kappa shape index (κ3) is 4.66. The summed E-state index contributed by atoms with van der Waals surface area (Å²) in [4.78, 5) is 15.8. The molecule has 2 aromatic rings. The van der Waals surface area contributed by atoms with Crippen molar-refractivity contribution in [1.82, 2.24) is 10.4 Å². The van der Waals surface area contributed by atoms with Crippen LogP contribution in [-0.4, -0.2) is 22.2 Å². The van der Waals surface area contributed by atoms with Crippen LogP contribution in [0.15, 0.2) is 53.9 Å². The molecule has 0 saturated carbocycles. The van der Waals surface area contributed by atoms with Crippen molar-refractivity contribution in [3.05, 3.63) is 59.9 Å². The van der Waals surface area contributed by atoms with Crippen molar-refractivity contribution in [2.45, 2.75) is 0 Å².